The summed E-state index contributed by atoms with van der Waals surface area (Å²) in [6, 6.07) is 13.1. The average Bonchev–Trinajstić information content (AvgIpc) is 2.80. The van der Waals surface area contributed by atoms with Crippen LogP contribution in [0.3, 0.4) is 0 Å². The van der Waals surface area contributed by atoms with Crippen LogP contribution in [0.15, 0.2) is 48.5 Å². The molecule has 2 aromatic carbocycles. The molecule has 1 atom stereocenters. The van der Waals surface area contributed by atoms with Gasteiger partial charge in [0, 0.05) is 9.26 Å². The zero-order valence-corrected chi connectivity index (χ0v) is 16.0. The van der Waals surface area contributed by atoms with Crippen LogP contribution in [0, 0.1) is 9.49 Å². The van der Waals surface area contributed by atoms with Gasteiger partial charge in [0.2, 0.25) is 5.91 Å². The van der Waals surface area contributed by atoms with E-state index in [9.17, 15) is 14.4 Å². The molecule has 3 amide bonds. The van der Waals surface area contributed by atoms with E-state index in [1.54, 1.807) is 30.3 Å². The summed E-state index contributed by atoms with van der Waals surface area (Å²) in [5, 5.41) is 2.82. The van der Waals surface area contributed by atoms with E-state index in [4.69, 9.17) is 0 Å². The van der Waals surface area contributed by atoms with E-state index in [0.717, 1.165) is 8.47 Å². The van der Waals surface area contributed by atoms with Gasteiger partial charge in [-0.25, -0.2) is 0 Å². The van der Waals surface area contributed by atoms with Gasteiger partial charge in [0.15, 0.2) is 0 Å². The van der Waals surface area contributed by atoms with E-state index in [2.05, 4.69) is 27.9 Å². The number of hydrogen-bond donors (Lipinski definition) is 1. The first-order valence-corrected chi connectivity index (χ1v) is 9.01. The smallest absolute Gasteiger partial charge is 0.262 e. The molecule has 5 nitrogen and oxygen atoms in total. The Hall–Kier alpha value is -2.22. The van der Waals surface area contributed by atoms with Crippen molar-refractivity contribution in [2.24, 2.45) is 5.92 Å². The number of imide groups is 1. The molecule has 0 fully saturated rings. The van der Waals surface area contributed by atoms with Crippen molar-refractivity contribution in [2.45, 2.75) is 19.9 Å². The van der Waals surface area contributed by atoms with Gasteiger partial charge >= 0.3 is 0 Å². The lowest BCUT2D eigenvalue weighted by atomic mass is 10.0. The minimum absolute atomic E-state index is 0.218. The van der Waals surface area contributed by atoms with Crippen molar-refractivity contribution in [3.8, 4) is 0 Å². The third-order valence-corrected chi connectivity index (χ3v) is 4.77. The molecule has 25 heavy (non-hydrogen) atoms. The molecule has 6 heteroatoms. The standard InChI is InChI=1S/C19H17IN2O3/c1-11(2)16(17(23)21-13-7-5-6-12(20)10-13)22-18(24)14-8-3-4-9-15(14)19(22)25/h3-11,16H,1-2H3,(H,21,23). The number of rotatable bonds is 4. The Morgan fingerprint density at radius 1 is 1.00 bits per heavy atom. The molecule has 1 N–H and O–H groups in total. The predicted molar refractivity (Wildman–Crippen MR) is 103 cm³/mol. The highest BCUT2D eigenvalue weighted by molar-refractivity contribution is 14.1. The molecular weight excluding hydrogens is 431 g/mol. The lowest BCUT2D eigenvalue weighted by Crippen LogP contribution is -2.50. The van der Waals surface area contributed by atoms with E-state index in [1.165, 1.54) is 0 Å². The van der Waals surface area contributed by atoms with Crippen molar-refractivity contribution in [1.82, 2.24) is 4.90 Å². The fourth-order valence-electron chi connectivity index (χ4n) is 2.96. The highest BCUT2D eigenvalue weighted by Crippen LogP contribution is 2.27. The lowest BCUT2D eigenvalue weighted by Gasteiger charge is -2.28. The Morgan fingerprint density at radius 2 is 1.60 bits per heavy atom. The topological polar surface area (TPSA) is 66.5 Å². The molecule has 1 unspecified atom stereocenters. The molecule has 1 aliphatic rings. The molecule has 0 saturated carbocycles. The molecule has 1 aliphatic heterocycles. The number of carbonyl (C=O) groups is 3. The van der Waals surface area contributed by atoms with Crippen molar-refractivity contribution in [1.29, 1.82) is 0 Å². The second kappa shape index (κ2) is 6.95. The monoisotopic (exact) mass is 448 g/mol. The summed E-state index contributed by atoms with van der Waals surface area (Å²) in [6.45, 7) is 3.64. The van der Waals surface area contributed by atoms with Crippen LogP contribution in [0.25, 0.3) is 0 Å². The number of nitrogens with one attached hydrogen (secondary N) is 1. The molecule has 0 aliphatic carbocycles. The predicted octanol–water partition coefficient (Wildman–Crippen LogP) is 3.55. The van der Waals surface area contributed by atoms with Gasteiger partial charge in [-0.15, -0.1) is 0 Å². The van der Waals surface area contributed by atoms with Crippen molar-refractivity contribution in [2.75, 3.05) is 5.32 Å². The molecule has 1 heterocycles. The van der Waals surface area contributed by atoms with Crippen LogP contribution < -0.4 is 5.32 Å². The number of carbonyl (C=O) groups excluding carboxylic acids is 3. The second-order valence-corrected chi connectivity index (χ2v) is 7.46. The van der Waals surface area contributed by atoms with Crippen LogP contribution in [0.1, 0.15) is 34.6 Å². The zero-order chi connectivity index (χ0) is 18.1. The maximum absolute atomic E-state index is 12.8. The molecule has 0 bridgehead atoms. The second-order valence-electron chi connectivity index (χ2n) is 6.21. The summed E-state index contributed by atoms with van der Waals surface area (Å²) in [5.74, 6) is -1.43. The fourth-order valence-corrected chi connectivity index (χ4v) is 3.50. The molecule has 2 aromatic rings. The fraction of sp³-hybridized carbons (Fsp3) is 0.211. The normalized spacial score (nSPS) is 14.6. The third-order valence-electron chi connectivity index (χ3n) is 4.10. The van der Waals surface area contributed by atoms with Crippen LogP contribution in [-0.4, -0.2) is 28.7 Å². The highest BCUT2D eigenvalue weighted by atomic mass is 127. The highest BCUT2D eigenvalue weighted by Gasteiger charge is 2.43. The summed E-state index contributed by atoms with van der Waals surface area (Å²) < 4.78 is 0.984. The number of fused-ring (bicyclic) bond motifs is 1. The molecule has 0 aromatic heterocycles. The summed E-state index contributed by atoms with van der Waals surface area (Å²) in [4.78, 5) is 39.3. The summed E-state index contributed by atoms with van der Waals surface area (Å²) in [7, 11) is 0. The summed E-state index contributed by atoms with van der Waals surface area (Å²) in [6.07, 6.45) is 0. The first-order chi connectivity index (χ1) is 11.9. The van der Waals surface area contributed by atoms with Gasteiger partial charge in [-0.2, -0.15) is 0 Å². The minimum Gasteiger partial charge on any atom is -0.324 e. The van der Waals surface area contributed by atoms with Crippen LogP contribution in [-0.2, 0) is 4.79 Å². The first kappa shape index (κ1) is 17.6. The van der Waals surface area contributed by atoms with Crippen molar-refractivity contribution < 1.29 is 14.4 Å². The van der Waals surface area contributed by atoms with Crippen LogP contribution in [0.5, 0.6) is 0 Å². The molecule has 128 valence electrons. The van der Waals surface area contributed by atoms with E-state index in [1.807, 2.05) is 32.0 Å². The Bertz CT molecular complexity index is 828. The van der Waals surface area contributed by atoms with Crippen LogP contribution in [0.4, 0.5) is 5.69 Å². The third kappa shape index (κ3) is 3.30. The Balaban J connectivity index is 1.91. The number of nitrogens with zero attached hydrogens (tertiary/aromatic N) is 1. The van der Waals surface area contributed by atoms with Crippen molar-refractivity contribution >= 4 is 46.0 Å². The van der Waals surface area contributed by atoms with E-state index in [0.29, 0.717) is 16.8 Å². The van der Waals surface area contributed by atoms with Crippen molar-refractivity contribution in [3.63, 3.8) is 0 Å². The molecule has 0 radical (unpaired) electrons. The SMILES string of the molecule is CC(C)C(C(=O)Nc1cccc(I)c1)N1C(=O)c2ccccc2C1=O. The number of amides is 3. The Kier molecular flexibility index (Phi) is 4.89. The van der Waals surface area contributed by atoms with Crippen molar-refractivity contribution in [3.05, 3.63) is 63.2 Å². The number of hydrogen-bond acceptors (Lipinski definition) is 3. The van der Waals surface area contributed by atoms with E-state index >= 15 is 0 Å². The average molecular weight is 448 g/mol. The van der Waals surface area contributed by atoms with Gasteiger partial charge in [-0.1, -0.05) is 32.0 Å². The molecule has 3 rings (SSSR count). The largest absolute Gasteiger partial charge is 0.324 e. The maximum Gasteiger partial charge on any atom is 0.262 e. The summed E-state index contributed by atoms with van der Waals surface area (Å²) >= 11 is 2.16. The zero-order valence-electron chi connectivity index (χ0n) is 13.8. The van der Waals surface area contributed by atoms with Crippen LogP contribution >= 0.6 is 22.6 Å². The lowest BCUT2D eigenvalue weighted by molar-refractivity contribution is -0.121. The minimum atomic E-state index is -0.870. The quantitative estimate of drug-likeness (QED) is 0.575. The first-order valence-electron chi connectivity index (χ1n) is 7.93. The maximum atomic E-state index is 12.8. The van der Waals surface area contributed by atoms with E-state index in [-0.39, 0.29) is 11.8 Å². The Labute approximate surface area is 159 Å². The van der Waals surface area contributed by atoms with Gasteiger partial charge in [0.05, 0.1) is 11.1 Å². The Morgan fingerprint density at radius 3 is 2.12 bits per heavy atom. The summed E-state index contributed by atoms with van der Waals surface area (Å²) in [5.41, 5.74) is 1.33. The van der Waals surface area contributed by atoms with Gasteiger partial charge in [-0.3, -0.25) is 19.3 Å². The molecule has 0 saturated heterocycles. The van der Waals surface area contributed by atoms with Gasteiger partial charge in [0.25, 0.3) is 11.8 Å². The molecular formula is C19H17IN2O3. The molecule has 0 spiro atoms. The van der Waals surface area contributed by atoms with Crippen LogP contribution in [0.2, 0.25) is 0 Å². The number of halogens is 1. The number of benzene rings is 2. The number of anilines is 1. The van der Waals surface area contributed by atoms with Gasteiger partial charge < -0.3 is 5.32 Å². The van der Waals surface area contributed by atoms with E-state index < -0.39 is 17.9 Å². The van der Waals surface area contributed by atoms with Gasteiger partial charge in [0.1, 0.15) is 6.04 Å². The van der Waals surface area contributed by atoms with Gasteiger partial charge in [-0.05, 0) is 58.8 Å².